The molecule has 0 spiro atoms. The summed E-state index contributed by atoms with van der Waals surface area (Å²) in [5.41, 5.74) is 4.18. The molecule has 1 aromatic carbocycles. The van der Waals surface area contributed by atoms with Gasteiger partial charge >= 0.3 is 6.09 Å². The normalized spacial score (nSPS) is 29.9. The number of aromatic nitrogens is 1. The van der Waals surface area contributed by atoms with Gasteiger partial charge in [0, 0.05) is 43.2 Å². The van der Waals surface area contributed by atoms with Crippen LogP contribution >= 0.6 is 23.0 Å². The van der Waals surface area contributed by atoms with Gasteiger partial charge in [-0.3, -0.25) is 14.7 Å². The molecule has 0 bridgehead atoms. The average molecular weight is 585 g/mol. The van der Waals surface area contributed by atoms with Gasteiger partial charge in [-0.1, -0.05) is 12.1 Å². The topological polar surface area (TPSA) is 108 Å². The van der Waals surface area contributed by atoms with E-state index in [-0.39, 0.29) is 42.6 Å². The minimum absolute atomic E-state index is 0.0142. The Bertz CT molecular complexity index is 1230. The van der Waals surface area contributed by atoms with Crippen LogP contribution in [0.4, 0.5) is 10.5 Å². The van der Waals surface area contributed by atoms with Gasteiger partial charge < -0.3 is 18.0 Å². The zero-order valence-corrected chi connectivity index (χ0v) is 21.3. The molecule has 2 amide bonds. The third-order valence-corrected chi connectivity index (χ3v) is 8.31. The maximum absolute atomic E-state index is 12.4. The molecule has 35 heavy (non-hydrogen) atoms. The third kappa shape index (κ3) is 3.36. The number of anilines is 1. The Morgan fingerprint density at radius 1 is 1.31 bits per heavy atom. The number of benzene rings is 1. The summed E-state index contributed by atoms with van der Waals surface area (Å²) in [5.74, 6) is 0.190. The molecule has 2 saturated heterocycles. The van der Waals surface area contributed by atoms with E-state index >= 15 is 0 Å². The van der Waals surface area contributed by atoms with E-state index in [1.807, 2.05) is 37.5 Å². The summed E-state index contributed by atoms with van der Waals surface area (Å²) in [7, 11) is 1.86. The lowest BCUT2D eigenvalue weighted by atomic mass is 9.95. The first-order valence-corrected chi connectivity index (χ1v) is 12.6. The lowest BCUT2D eigenvalue weighted by Crippen LogP contribution is -2.38. The molecule has 4 atom stereocenters. The zero-order chi connectivity index (χ0) is 24.3. The van der Waals surface area contributed by atoms with E-state index in [0.29, 0.717) is 19.6 Å². The SMILES string of the molecule is CNCC1OC(=O)N2c3ccc(-c4ccc(C5(C#N)C6CN(C(=O)COI)CC65)nc4)cc3C[C@@H]12. The highest BCUT2D eigenvalue weighted by Crippen LogP contribution is 2.62. The predicted octanol–water partition coefficient (Wildman–Crippen LogP) is 2.43. The number of carbonyl (C=O) groups excluding carboxylic acids is 2. The zero-order valence-electron chi connectivity index (χ0n) is 19.1. The molecule has 1 aliphatic carbocycles. The number of nitrogens with zero attached hydrogens (tertiary/aromatic N) is 4. The van der Waals surface area contributed by atoms with E-state index in [1.165, 1.54) is 0 Å². The first kappa shape index (κ1) is 22.7. The number of hydrogen-bond acceptors (Lipinski definition) is 7. The number of piperidine rings is 1. The van der Waals surface area contributed by atoms with Crippen LogP contribution in [0.25, 0.3) is 11.1 Å². The van der Waals surface area contributed by atoms with Crippen molar-refractivity contribution in [3.05, 3.63) is 47.8 Å². The Kier molecular flexibility index (Phi) is 5.47. The first-order valence-electron chi connectivity index (χ1n) is 11.7. The first-order chi connectivity index (χ1) is 17.0. The molecule has 4 heterocycles. The van der Waals surface area contributed by atoms with Crippen LogP contribution in [0.15, 0.2) is 36.5 Å². The van der Waals surface area contributed by atoms with Crippen molar-refractivity contribution in [3.63, 3.8) is 0 Å². The number of nitriles is 1. The van der Waals surface area contributed by atoms with E-state index in [9.17, 15) is 14.9 Å². The molecule has 3 fully saturated rings. The second-order valence-corrected chi connectivity index (χ2v) is 10.3. The molecule has 3 unspecified atom stereocenters. The Morgan fingerprint density at radius 3 is 2.74 bits per heavy atom. The molecule has 1 aromatic heterocycles. The summed E-state index contributed by atoms with van der Waals surface area (Å²) < 4.78 is 10.5. The Labute approximate surface area is 217 Å². The quantitative estimate of drug-likeness (QED) is 0.519. The van der Waals surface area contributed by atoms with Gasteiger partial charge in [-0.05, 0) is 42.8 Å². The number of halogens is 1. The molecule has 0 radical (unpaired) electrons. The molecule has 9 nitrogen and oxygen atoms in total. The lowest BCUT2D eigenvalue weighted by Gasteiger charge is -2.22. The van der Waals surface area contributed by atoms with Gasteiger partial charge in [0.15, 0.2) is 0 Å². The lowest BCUT2D eigenvalue weighted by molar-refractivity contribution is -0.132. The van der Waals surface area contributed by atoms with Crippen molar-refractivity contribution in [1.29, 1.82) is 5.26 Å². The van der Waals surface area contributed by atoms with Crippen molar-refractivity contribution in [1.82, 2.24) is 15.2 Å². The second-order valence-electron chi connectivity index (χ2n) is 9.64. The molecule has 10 heteroatoms. The van der Waals surface area contributed by atoms with Crippen molar-refractivity contribution >= 4 is 40.7 Å². The van der Waals surface area contributed by atoms with Crippen LogP contribution < -0.4 is 10.2 Å². The second kappa shape index (κ2) is 8.43. The van der Waals surface area contributed by atoms with Gasteiger partial charge in [0.2, 0.25) is 5.91 Å². The summed E-state index contributed by atoms with van der Waals surface area (Å²) >= 11 is 1.72. The van der Waals surface area contributed by atoms with Crippen LogP contribution in [0.5, 0.6) is 0 Å². The molecule has 1 saturated carbocycles. The number of carbonyl (C=O) groups is 2. The number of rotatable bonds is 6. The summed E-state index contributed by atoms with van der Waals surface area (Å²) in [6, 6.07) is 12.6. The largest absolute Gasteiger partial charge is 0.442 e. The van der Waals surface area contributed by atoms with Gasteiger partial charge in [-0.25, -0.2) is 4.79 Å². The minimum Gasteiger partial charge on any atom is -0.442 e. The van der Waals surface area contributed by atoms with E-state index in [0.717, 1.165) is 34.5 Å². The number of nitrogens with one attached hydrogen (secondary N) is 1. The number of pyridine rings is 1. The molecule has 4 aliphatic rings. The van der Waals surface area contributed by atoms with E-state index in [1.54, 1.807) is 32.8 Å². The van der Waals surface area contributed by atoms with Crippen molar-refractivity contribution in [2.75, 3.05) is 38.2 Å². The summed E-state index contributed by atoms with van der Waals surface area (Å²) in [6.07, 6.45) is 2.13. The molecule has 6 rings (SSSR count). The van der Waals surface area contributed by atoms with Crippen molar-refractivity contribution in [2.24, 2.45) is 11.8 Å². The number of ether oxygens (including phenoxy) is 1. The monoisotopic (exact) mass is 585 g/mol. The fraction of sp³-hybridized carbons (Fsp3) is 0.440. The molecular weight excluding hydrogens is 561 g/mol. The van der Waals surface area contributed by atoms with Crippen molar-refractivity contribution < 1.29 is 17.4 Å². The van der Waals surface area contributed by atoms with E-state index < -0.39 is 5.41 Å². The fourth-order valence-electron chi connectivity index (χ4n) is 6.22. The van der Waals surface area contributed by atoms with Gasteiger partial charge in [0.25, 0.3) is 0 Å². The van der Waals surface area contributed by atoms with Crippen LogP contribution in [-0.2, 0) is 24.4 Å². The standard InChI is InChI=1S/C25H24IN5O4/c1-28-9-21-20-7-16-6-14(2-4-19(16)31(20)24(33)35-21)15-3-5-22(29-8-15)25(13-27)17-10-30(11-18(17)25)23(32)12-34-26/h2-6,8,17-18,20-21,28H,7,9-12H2,1H3/t17?,18?,20-,21?,25?/m0/s1. The number of amides is 2. The Morgan fingerprint density at radius 2 is 2.09 bits per heavy atom. The summed E-state index contributed by atoms with van der Waals surface area (Å²) in [5, 5.41) is 13.1. The highest BCUT2D eigenvalue weighted by molar-refractivity contribution is 14.1. The number of likely N-dealkylation sites (tertiary alicyclic amines) is 1. The maximum atomic E-state index is 12.4. The van der Waals surface area contributed by atoms with Crippen LogP contribution in [0.3, 0.4) is 0 Å². The van der Waals surface area contributed by atoms with E-state index in [2.05, 4.69) is 17.5 Å². The maximum Gasteiger partial charge on any atom is 0.415 e. The fourth-order valence-corrected chi connectivity index (χ4v) is 6.48. The highest BCUT2D eigenvalue weighted by Gasteiger charge is 2.71. The molecular formula is C25H24IN5O4. The molecule has 3 aliphatic heterocycles. The summed E-state index contributed by atoms with van der Waals surface area (Å²) in [6.45, 7) is 1.82. The molecule has 180 valence electrons. The van der Waals surface area contributed by atoms with Gasteiger partial charge in [0.1, 0.15) is 41.1 Å². The third-order valence-electron chi connectivity index (χ3n) is 8.00. The number of likely N-dealkylation sites (N-methyl/N-ethyl adjacent to an activating group) is 1. The Balaban J connectivity index is 1.20. The Hall–Kier alpha value is -2.75. The number of hydrogen-bond donors (Lipinski definition) is 1. The van der Waals surface area contributed by atoms with Gasteiger partial charge in [-0.2, -0.15) is 5.26 Å². The van der Waals surface area contributed by atoms with Crippen molar-refractivity contribution in [3.8, 4) is 17.2 Å². The van der Waals surface area contributed by atoms with Gasteiger partial charge in [-0.15, -0.1) is 0 Å². The van der Waals surface area contributed by atoms with Crippen LogP contribution in [0.2, 0.25) is 0 Å². The number of fused-ring (bicyclic) bond motifs is 4. The highest BCUT2D eigenvalue weighted by atomic mass is 127. The van der Waals surface area contributed by atoms with Crippen molar-refractivity contribution in [2.45, 2.75) is 24.0 Å². The van der Waals surface area contributed by atoms with Crippen LogP contribution in [0.1, 0.15) is 11.3 Å². The smallest absolute Gasteiger partial charge is 0.415 e. The molecule has 1 N–H and O–H groups in total. The average Bonchev–Trinajstić information content (AvgIpc) is 3.23. The molecule has 2 aromatic rings. The summed E-state index contributed by atoms with van der Waals surface area (Å²) in [4.78, 5) is 32.8. The number of cyclic esters (lactones) is 1. The van der Waals surface area contributed by atoms with Crippen LogP contribution in [-0.4, -0.2) is 67.3 Å². The minimum atomic E-state index is -0.619. The van der Waals surface area contributed by atoms with E-state index in [4.69, 9.17) is 12.8 Å². The predicted molar refractivity (Wildman–Crippen MR) is 135 cm³/mol. The van der Waals surface area contributed by atoms with Gasteiger partial charge in [0.05, 0.1) is 23.5 Å². The van der Waals surface area contributed by atoms with Crippen LogP contribution in [0, 0.1) is 23.2 Å².